The zero-order valence-corrected chi connectivity index (χ0v) is 23.4. The molecule has 14 heteroatoms. The van der Waals surface area contributed by atoms with Crippen LogP contribution in [0.3, 0.4) is 0 Å². The SMILES string of the molecule is CNc1cc(F)c(F)c2c1[nH]c1ncc(-c3ccc4c(C(F)(F)F)cc(C(=O)O)c(=O)n4c3)c(N3CC[C@H]4CN(C)C[C@H]43)c12. The van der Waals surface area contributed by atoms with Crippen LogP contribution in [0.4, 0.5) is 33.3 Å². The van der Waals surface area contributed by atoms with E-state index in [2.05, 4.69) is 25.1 Å². The Hall–Kier alpha value is -4.72. The Bertz CT molecular complexity index is 2090. The van der Waals surface area contributed by atoms with Crippen LogP contribution in [0.1, 0.15) is 22.3 Å². The molecule has 2 saturated heterocycles. The van der Waals surface area contributed by atoms with Crippen molar-refractivity contribution in [1.29, 1.82) is 0 Å². The number of aromatic nitrogens is 3. The summed E-state index contributed by atoms with van der Waals surface area (Å²) in [6, 6.07) is 3.87. The molecule has 0 spiro atoms. The molecule has 6 heterocycles. The molecular formula is C30H25F5N6O3. The van der Waals surface area contributed by atoms with Crippen LogP contribution < -0.4 is 15.8 Å². The molecule has 5 aromatic rings. The van der Waals surface area contributed by atoms with Gasteiger partial charge in [0, 0.05) is 62.3 Å². The molecule has 228 valence electrons. The number of alkyl halides is 3. The molecule has 2 atom stereocenters. The molecule has 7 rings (SSSR count). The Labute approximate surface area is 245 Å². The number of likely N-dealkylation sites (N-methyl/N-ethyl adjacent to an activating group) is 1. The quantitative estimate of drug-likeness (QED) is 0.241. The zero-order valence-electron chi connectivity index (χ0n) is 23.4. The molecule has 2 aliphatic heterocycles. The van der Waals surface area contributed by atoms with Gasteiger partial charge in [-0.2, -0.15) is 13.2 Å². The third-order valence-corrected chi connectivity index (χ3v) is 8.86. The summed E-state index contributed by atoms with van der Waals surface area (Å²) >= 11 is 0. The summed E-state index contributed by atoms with van der Waals surface area (Å²) in [5, 5.41) is 12.6. The van der Waals surface area contributed by atoms with E-state index in [1.807, 2.05) is 7.05 Å². The van der Waals surface area contributed by atoms with Crippen molar-refractivity contribution in [3.63, 3.8) is 0 Å². The van der Waals surface area contributed by atoms with Gasteiger partial charge in [-0.15, -0.1) is 0 Å². The van der Waals surface area contributed by atoms with E-state index < -0.39 is 46.0 Å². The summed E-state index contributed by atoms with van der Waals surface area (Å²) in [6.45, 7) is 2.12. The van der Waals surface area contributed by atoms with Crippen molar-refractivity contribution in [3.05, 3.63) is 69.8 Å². The lowest BCUT2D eigenvalue weighted by Gasteiger charge is -2.29. The molecule has 0 amide bonds. The minimum absolute atomic E-state index is 0.00770. The van der Waals surface area contributed by atoms with Crippen LogP contribution in [-0.2, 0) is 6.18 Å². The molecule has 3 N–H and O–H groups in total. The Morgan fingerprint density at radius 2 is 1.93 bits per heavy atom. The number of likely N-dealkylation sites (tertiary alicyclic amines) is 1. The zero-order chi connectivity index (χ0) is 31.2. The van der Waals surface area contributed by atoms with E-state index in [-0.39, 0.29) is 22.6 Å². The van der Waals surface area contributed by atoms with E-state index in [1.54, 1.807) is 7.05 Å². The molecule has 4 aromatic heterocycles. The molecule has 0 bridgehead atoms. The number of hydrogen-bond donors (Lipinski definition) is 3. The van der Waals surface area contributed by atoms with Crippen LogP contribution in [0.25, 0.3) is 38.6 Å². The van der Waals surface area contributed by atoms with Crippen LogP contribution in [-0.4, -0.2) is 70.1 Å². The van der Waals surface area contributed by atoms with E-state index in [0.717, 1.165) is 31.3 Å². The maximum Gasteiger partial charge on any atom is 0.418 e. The number of fused-ring (bicyclic) bond motifs is 5. The van der Waals surface area contributed by atoms with Gasteiger partial charge in [-0.3, -0.25) is 9.20 Å². The van der Waals surface area contributed by atoms with Crippen LogP contribution in [0.2, 0.25) is 0 Å². The standard InChI is InChI=1S/C30H25F5N6O3/c1-36-19-8-18(31)24(32)22-23-26(40-6-5-14-10-39(2)12-21(14)40)16(9-37-27(23)38-25(19)22)13-3-4-20-17(30(33,34)35)7-15(29(43)44)28(42)41(20)11-13/h3-4,7-9,11,14,21,36H,5-6,10,12H2,1-2H3,(H,37,38)(H,43,44)/t14-,21+/m0/s1. The average Bonchev–Trinajstić information content (AvgIpc) is 3.66. The van der Waals surface area contributed by atoms with Crippen LogP contribution >= 0.6 is 0 Å². The highest BCUT2D eigenvalue weighted by Crippen LogP contribution is 2.47. The summed E-state index contributed by atoms with van der Waals surface area (Å²) in [5.74, 6) is -3.66. The van der Waals surface area contributed by atoms with Gasteiger partial charge in [-0.05, 0) is 31.5 Å². The third-order valence-electron chi connectivity index (χ3n) is 8.86. The predicted molar refractivity (Wildman–Crippen MR) is 154 cm³/mol. The van der Waals surface area contributed by atoms with Crippen molar-refractivity contribution < 1.29 is 31.9 Å². The Balaban J connectivity index is 1.57. The number of pyridine rings is 3. The fraction of sp³-hybridized carbons (Fsp3) is 0.300. The fourth-order valence-electron chi connectivity index (χ4n) is 6.94. The highest BCUT2D eigenvalue weighted by atomic mass is 19.4. The van der Waals surface area contributed by atoms with Crippen molar-refractivity contribution in [3.8, 4) is 11.1 Å². The Morgan fingerprint density at radius 1 is 1.16 bits per heavy atom. The summed E-state index contributed by atoms with van der Waals surface area (Å²) < 4.78 is 73.1. The number of carboxylic acids is 1. The van der Waals surface area contributed by atoms with Crippen molar-refractivity contribution in [2.45, 2.75) is 18.6 Å². The highest BCUT2D eigenvalue weighted by Gasteiger charge is 2.42. The minimum Gasteiger partial charge on any atom is -0.477 e. The van der Waals surface area contributed by atoms with E-state index in [1.165, 1.54) is 12.3 Å². The van der Waals surface area contributed by atoms with Crippen molar-refractivity contribution >= 4 is 44.8 Å². The molecule has 0 radical (unpaired) electrons. The largest absolute Gasteiger partial charge is 0.477 e. The number of nitrogens with one attached hydrogen (secondary N) is 2. The van der Waals surface area contributed by atoms with E-state index in [0.29, 0.717) is 57.3 Å². The van der Waals surface area contributed by atoms with E-state index in [9.17, 15) is 32.3 Å². The van der Waals surface area contributed by atoms with Gasteiger partial charge in [0.2, 0.25) is 0 Å². The van der Waals surface area contributed by atoms with E-state index >= 15 is 4.39 Å². The summed E-state index contributed by atoms with van der Waals surface area (Å²) in [4.78, 5) is 36.8. The van der Waals surface area contributed by atoms with Crippen molar-refractivity contribution in [2.75, 3.05) is 43.9 Å². The van der Waals surface area contributed by atoms with Crippen molar-refractivity contribution in [2.24, 2.45) is 5.92 Å². The first-order chi connectivity index (χ1) is 20.9. The van der Waals surface area contributed by atoms with Gasteiger partial charge < -0.3 is 25.2 Å². The molecule has 1 aromatic carbocycles. The maximum absolute atomic E-state index is 15.7. The number of rotatable bonds is 4. The number of aromatic amines is 1. The number of halogens is 5. The van der Waals surface area contributed by atoms with Gasteiger partial charge in [-0.25, -0.2) is 18.6 Å². The number of anilines is 2. The van der Waals surface area contributed by atoms with Gasteiger partial charge in [0.1, 0.15) is 11.2 Å². The predicted octanol–water partition coefficient (Wildman–Crippen LogP) is 5.17. The average molecular weight is 613 g/mol. The van der Waals surface area contributed by atoms with Crippen LogP contribution in [0.5, 0.6) is 0 Å². The summed E-state index contributed by atoms with van der Waals surface area (Å²) in [6.07, 6.45) is -1.49. The lowest BCUT2D eigenvalue weighted by molar-refractivity contribution is -0.136. The topological polar surface area (TPSA) is 106 Å². The smallest absolute Gasteiger partial charge is 0.418 e. The normalized spacial score (nSPS) is 19.0. The second-order valence-corrected chi connectivity index (χ2v) is 11.4. The Morgan fingerprint density at radius 3 is 2.64 bits per heavy atom. The van der Waals surface area contributed by atoms with Gasteiger partial charge in [0.05, 0.1) is 38.7 Å². The minimum atomic E-state index is -4.94. The van der Waals surface area contributed by atoms with Crippen molar-refractivity contribution in [1.82, 2.24) is 19.3 Å². The van der Waals surface area contributed by atoms with Gasteiger partial charge >= 0.3 is 12.1 Å². The van der Waals surface area contributed by atoms with Gasteiger partial charge in [0.25, 0.3) is 5.56 Å². The second-order valence-electron chi connectivity index (χ2n) is 11.4. The number of aromatic carboxylic acids is 1. The first-order valence-corrected chi connectivity index (χ1v) is 13.8. The summed E-state index contributed by atoms with van der Waals surface area (Å²) in [7, 11) is 3.57. The van der Waals surface area contributed by atoms with Gasteiger partial charge in [-0.1, -0.05) is 6.07 Å². The highest BCUT2D eigenvalue weighted by molar-refractivity contribution is 6.18. The lowest BCUT2D eigenvalue weighted by atomic mass is 10.00. The number of nitrogens with zero attached hydrogens (tertiary/aromatic N) is 4. The number of carbonyl (C=O) groups is 1. The maximum atomic E-state index is 15.7. The molecule has 0 saturated carbocycles. The number of carboxylic acid groups (broad SMARTS) is 1. The number of benzene rings is 1. The van der Waals surface area contributed by atoms with E-state index in [4.69, 9.17) is 0 Å². The summed E-state index contributed by atoms with van der Waals surface area (Å²) in [5.41, 5.74) is -2.00. The molecule has 0 aliphatic carbocycles. The first kappa shape index (κ1) is 28.1. The van der Waals surface area contributed by atoms with Crippen LogP contribution in [0, 0.1) is 17.6 Å². The van der Waals surface area contributed by atoms with Gasteiger partial charge in [0.15, 0.2) is 11.6 Å². The molecular weight excluding hydrogens is 587 g/mol. The second kappa shape index (κ2) is 9.64. The molecule has 2 fully saturated rings. The molecule has 44 heavy (non-hydrogen) atoms. The third kappa shape index (κ3) is 4.03. The Kier molecular flexibility index (Phi) is 6.15. The first-order valence-electron chi connectivity index (χ1n) is 13.8. The molecule has 2 aliphatic rings. The number of H-pyrrole nitrogens is 1. The molecule has 0 unspecified atom stereocenters. The lowest BCUT2D eigenvalue weighted by Crippen LogP contribution is -2.35. The van der Waals surface area contributed by atoms with Crippen LogP contribution in [0.15, 0.2) is 41.5 Å². The fourth-order valence-corrected chi connectivity index (χ4v) is 6.94. The molecule has 9 nitrogen and oxygen atoms in total. The number of hydrogen-bond acceptors (Lipinski definition) is 6. The monoisotopic (exact) mass is 612 g/mol.